The van der Waals surface area contributed by atoms with Gasteiger partial charge in [-0.05, 0) is 30.7 Å². The number of pyridine rings is 1. The molecule has 0 bridgehead atoms. The van der Waals surface area contributed by atoms with Crippen molar-refractivity contribution in [2.45, 2.75) is 19.8 Å². The van der Waals surface area contributed by atoms with E-state index in [2.05, 4.69) is 22.1 Å². The lowest BCUT2D eigenvalue weighted by molar-refractivity contribution is 0.102. The van der Waals surface area contributed by atoms with Crippen LogP contribution in [0.4, 0.5) is 11.5 Å². The van der Waals surface area contributed by atoms with Crippen molar-refractivity contribution in [2.24, 2.45) is 0 Å². The number of amides is 1. The highest BCUT2D eigenvalue weighted by Crippen LogP contribution is 2.14. The molecule has 4 nitrogen and oxygen atoms in total. The number of rotatable bonds is 6. The van der Waals surface area contributed by atoms with E-state index in [1.54, 1.807) is 18.3 Å². The summed E-state index contributed by atoms with van der Waals surface area (Å²) in [7, 11) is 2.03. The zero-order valence-electron chi connectivity index (χ0n) is 12.5. The van der Waals surface area contributed by atoms with Crippen molar-refractivity contribution in [1.82, 2.24) is 4.98 Å². The highest BCUT2D eigenvalue weighted by molar-refractivity contribution is 6.04. The molecule has 0 aliphatic carbocycles. The zero-order valence-corrected chi connectivity index (χ0v) is 12.5. The SMILES string of the molecule is CCCCN(C)c1ccc(NC(=O)c2ccccc2)cn1. The van der Waals surface area contributed by atoms with Crippen LogP contribution in [0.2, 0.25) is 0 Å². The number of carbonyl (C=O) groups is 1. The number of carbonyl (C=O) groups excluding carboxylic acids is 1. The lowest BCUT2D eigenvalue weighted by atomic mass is 10.2. The summed E-state index contributed by atoms with van der Waals surface area (Å²) in [5.74, 6) is 0.797. The lowest BCUT2D eigenvalue weighted by Crippen LogP contribution is -2.19. The van der Waals surface area contributed by atoms with Gasteiger partial charge in [-0.1, -0.05) is 31.5 Å². The average Bonchev–Trinajstić information content (AvgIpc) is 2.54. The maximum absolute atomic E-state index is 12.0. The van der Waals surface area contributed by atoms with Gasteiger partial charge in [0.15, 0.2) is 0 Å². The van der Waals surface area contributed by atoms with Crippen LogP contribution < -0.4 is 10.2 Å². The van der Waals surface area contributed by atoms with Crippen LogP contribution in [0.1, 0.15) is 30.1 Å². The van der Waals surface area contributed by atoms with Gasteiger partial charge in [0.25, 0.3) is 5.91 Å². The second-order valence-electron chi connectivity index (χ2n) is 5.00. The molecule has 2 aromatic rings. The number of unbranched alkanes of at least 4 members (excludes halogenated alkanes) is 1. The first-order valence-electron chi connectivity index (χ1n) is 7.24. The number of benzene rings is 1. The van der Waals surface area contributed by atoms with E-state index in [9.17, 15) is 4.79 Å². The standard InChI is InChI=1S/C17H21N3O/c1-3-4-12-20(2)16-11-10-15(13-18-16)19-17(21)14-8-6-5-7-9-14/h5-11,13H,3-4,12H2,1-2H3,(H,19,21). The van der Waals surface area contributed by atoms with Gasteiger partial charge in [0.2, 0.25) is 0 Å². The Labute approximate surface area is 125 Å². The minimum Gasteiger partial charge on any atom is -0.360 e. The summed E-state index contributed by atoms with van der Waals surface area (Å²) >= 11 is 0. The lowest BCUT2D eigenvalue weighted by Gasteiger charge is -2.17. The van der Waals surface area contributed by atoms with E-state index < -0.39 is 0 Å². The summed E-state index contributed by atoms with van der Waals surface area (Å²) in [6, 6.07) is 13.0. The van der Waals surface area contributed by atoms with Gasteiger partial charge < -0.3 is 10.2 Å². The van der Waals surface area contributed by atoms with Gasteiger partial charge in [-0.15, -0.1) is 0 Å². The minimum absolute atomic E-state index is 0.121. The molecule has 1 amide bonds. The van der Waals surface area contributed by atoms with Crippen LogP contribution >= 0.6 is 0 Å². The first-order chi connectivity index (χ1) is 10.2. The van der Waals surface area contributed by atoms with Crippen molar-refractivity contribution in [3.63, 3.8) is 0 Å². The van der Waals surface area contributed by atoms with Crippen molar-refractivity contribution in [3.05, 3.63) is 54.2 Å². The van der Waals surface area contributed by atoms with Gasteiger partial charge in [0, 0.05) is 19.2 Å². The molecule has 21 heavy (non-hydrogen) atoms. The molecule has 0 saturated carbocycles. The summed E-state index contributed by atoms with van der Waals surface area (Å²) in [6.07, 6.45) is 4.00. The molecule has 0 aliphatic rings. The number of hydrogen-bond acceptors (Lipinski definition) is 3. The van der Waals surface area contributed by atoms with Gasteiger partial charge in [-0.3, -0.25) is 4.79 Å². The van der Waals surface area contributed by atoms with Crippen LogP contribution in [0, 0.1) is 0 Å². The molecule has 2 rings (SSSR count). The third kappa shape index (κ3) is 4.31. The first-order valence-corrected chi connectivity index (χ1v) is 7.24. The topological polar surface area (TPSA) is 45.2 Å². The molecule has 1 aromatic heterocycles. The van der Waals surface area contributed by atoms with Gasteiger partial charge in [-0.2, -0.15) is 0 Å². The van der Waals surface area contributed by atoms with Crippen molar-refractivity contribution in [2.75, 3.05) is 23.8 Å². The van der Waals surface area contributed by atoms with Gasteiger partial charge in [0.1, 0.15) is 5.82 Å². The predicted octanol–water partition coefficient (Wildman–Crippen LogP) is 3.57. The largest absolute Gasteiger partial charge is 0.360 e. The van der Waals surface area contributed by atoms with E-state index in [0.29, 0.717) is 11.3 Å². The third-order valence-corrected chi connectivity index (χ3v) is 3.28. The molecule has 1 aromatic carbocycles. The van der Waals surface area contributed by atoms with Crippen LogP contribution in [0.15, 0.2) is 48.7 Å². The van der Waals surface area contributed by atoms with Crippen LogP contribution in [-0.4, -0.2) is 24.5 Å². The Bertz CT molecular complexity index is 566. The number of anilines is 2. The first kappa shape index (κ1) is 15.0. The summed E-state index contributed by atoms with van der Waals surface area (Å²) in [5.41, 5.74) is 1.35. The van der Waals surface area contributed by atoms with E-state index in [-0.39, 0.29) is 5.91 Å². The molecule has 0 aliphatic heterocycles. The fraction of sp³-hybridized carbons (Fsp3) is 0.294. The van der Waals surface area contributed by atoms with Crippen molar-refractivity contribution >= 4 is 17.4 Å². The Morgan fingerprint density at radius 2 is 1.95 bits per heavy atom. The number of nitrogens with one attached hydrogen (secondary N) is 1. The highest BCUT2D eigenvalue weighted by Gasteiger charge is 2.06. The second-order valence-corrected chi connectivity index (χ2v) is 5.00. The average molecular weight is 283 g/mol. The molecular weight excluding hydrogens is 262 g/mol. The number of hydrogen-bond donors (Lipinski definition) is 1. The molecule has 0 spiro atoms. The Hall–Kier alpha value is -2.36. The molecule has 1 N–H and O–H groups in total. The normalized spacial score (nSPS) is 10.2. The molecule has 0 fully saturated rings. The highest BCUT2D eigenvalue weighted by atomic mass is 16.1. The van der Waals surface area contributed by atoms with Crippen molar-refractivity contribution < 1.29 is 4.79 Å². The third-order valence-electron chi connectivity index (χ3n) is 3.28. The maximum atomic E-state index is 12.0. The van der Waals surface area contributed by atoms with Crippen LogP contribution in [0.25, 0.3) is 0 Å². The monoisotopic (exact) mass is 283 g/mol. The fourth-order valence-corrected chi connectivity index (χ4v) is 1.99. The molecule has 0 unspecified atom stereocenters. The van der Waals surface area contributed by atoms with Crippen LogP contribution in [0.5, 0.6) is 0 Å². The summed E-state index contributed by atoms with van der Waals surface area (Å²) in [5, 5.41) is 2.85. The van der Waals surface area contributed by atoms with E-state index in [4.69, 9.17) is 0 Å². The van der Waals surface area contributed by atoms with Crippen molar-refractivity contribution in [3.8, 4) is 0 Å². The van der Waals surface area contributed by atoms with Gasteiger partial charge in [-0.25, -0.2) is 4.98 Å². The number of aromatic nitrogens is 1. The Morgan fingerprint density at radius 1 is 1.19 bits per heavy atom. The molecule has 0 atom stereocenters. The Balaban J connectivity index is 1.98. The Kier molecular flexibility index (Phi) is 5.32. The number of nitrogens with zero attached hydrogens (tertiary/aromatic N) is 2. The zero-order chi connectivity index (χ0) is 15.1. The van der Waals surface area contributed by atoms with Gasteiger partial charge >= 0.3 is 0 Å². The second kappa shape index (κ2) is 7.43. The summed E-state index contributed by atoms with van der Waals surface area (Å²) in [4.78, 5) is 18.5. The molecule has 1 heterocycles. The molecule has 0 saturated heterocycles. The fourth-order valence-electron chi connectivity index (χ4n) is 1.99. The quantitative estimate of drug-likeness (QED) is 0.881. The Morgan fingerprint density at radius 3 is 2.57 bits per heavy atom. The van der Waals surface area contributed by atoms with E-state index in [1.165, 1.54) is 0 Å². The van der Waals surface area contributed by atoms with Crippen LogP contribution in [-0.2, 0) is 0 Å². The molecule has 4 heteroatoms. The predicted molar refractivity (Wildman–Crippen MR) is 86.8 cm³/mol. The summed E-state index contributed by atoms with van der Waals surface area (Å²) in [6.45, 7) is 3.16. The minimum atomic E-state index is -0.121. The van der Waals surface area contributed by atoms with Crippen molar-refractivity contribution in [1.29, 1.82) is 0 Å². The maximum Gasteiger partial charge on any atom is 0.255 e. The molecular formula is C17H21N3O. The smallest absolute Gasteiger partial charge is 0.255 e. The van der Waals surface area contributed by atoms with E-state index >= 15 is 0 Å². The molecule has 110 valence electrons. The molecule has 0 radical (unpaired) electrons. The van der Waals surface area contributed by atoms with Gasteiger partial charge in [0.05, 0.1) is 11.9 Å². The summed E-state index contributed by atoms with van der Waals surface area (Å²) < 4.78 is 0. The van der Waals surface area contributed by atoms with E-state index in [0.717, 1.165) is 25.2 Å². The van der Waals surface area contributed by atoms with E-state index in [1.807, 2.05) is 37.4 Å². The van der Waals surface area contributed by atoms with Crippen LogP contribution in [0.3, 0.4) is 0 Å².